The summed E-state index contributed by atoms with van der Waals surface area (Å²) in [5, 5.41) is 21.0. The van der Waals surface area contributed by atoms with Gasteiger partial charge in [-0.1, -0.05) is 0 Å². The molecule has 1 spiro atoms. The van der Waals surface area contributed by atoms with Crippen molar-refractivity contribution in [2.24, 2.45) is 0 Å². The zero-order valence-electron chi connectivity index (χ0n) is 21.1. The van der Waals surface area contributed by atoms with Gasteiger partial charge in [-0.25, -0.2) is 4.79 Å². The van der Waals surface area contributed by atoms with E-state index in [1.807, 2.05) is 6.07 Å². The van der Waals surface area contributed by atoms with Crippen LogP contribution >= 0.6 is 0 Å². The van der Waals surface area contributed by atoms with Gasteiger partial charge in [0.15, 0.2) is 23.2 Å². The fraction of sp³-hybridized carbons (Fsp3) is 0.667. The van der Waals surface area contributed by atoms with Crippen LogP contribution in [0.3, 0.4) is 0 Å². The Morgan fingerprint density at radius 3 is 2.63 bits per heavy atom. The topological polar surface area (TPSA) is 97.7 Å². The number of methoxy groups -OCH3 is 1. The van der Waals surface area contributed by atoms with E-state index >= 15 is 0 Å². The van der Waals surface area contributed by atoms with Crippen molar-refractivity contribution in [2.45, 2.75) is 88.1 Å². The standard InChI is InChI=1S/C27H37NO7/c1-25(2,30)8-5-9-26(3,31)24(29)35-23-21(32-4)15-27-10-6-11-28(27)12-7-17-13-19-20(34-16-33-19)14-18(17)22(23)27/h13-15,22-23,30-31H,5-12,16H2,1-4H3/t22-,23?,26+,27+/m1/s1. The number of nitrogens with zero attached hydrogens (tertiary/aromatic N) is 1. The fourth-order valence-corrected chi connectivity index (χ4v) is 6.30. The van der Waals surface area contributed by atoms with Crippen LogP contribution in [-0.4, -0.2) is 70.9 Å². The van der Waals surface area contributed by atoms with Crippen LogP contribution in [-0.2, 0) is 20.7 Å². The van der Waals surface area contributed by atoms with E-state index < -0.39 is 23.3 Å². The van der Waals surface area contributed by atoms with Gasteiger partial charge < -0.3 is 29.2 Å². The third-order valence-electron chi connectivity index (χ3n) is 8.09. The van der Waals surface area contributed by atoms with Gasteiger partial charge >= 0.3 is 5.97 Å². The summed E-state index contributed by atoms with van der Waals surface area (Å²) in [4.78, 5) is 15.8. The first-order chi connectivity index (χ1) is 16.5. The molecule has 1 unspecified atom stereocenters. The van der Waals surface area contributed by atoms with E-state index in [2.05, 4.69) is 17.0 Å². The van der Waals surface area contributed by atoms with Crippen LogP contribution in [0.1, 0.15) is 69.9 Å². The molecule has 0 amide bonds. The number of fused-ring (bicyclic) bond motifs is 3. The number of hydrogen-bond acceptors (Lipinski definition) is 8. The maximum atomic E-state index is 13.3. The second kappa shape index (κ2) is 8.68. The molecule has 5 rings (SSSR count). The number of rotatable bonds is 7. The van der Waals surface area contributed by atoms with E-state index in [1.54, 1.807) is 21.0 Å². The minimum Gasteiger partial charge on any atom is -0.497 e. The maximum Gasteiger partial charge on any atom is 0.338 e. The maximum absolute atomic E-state index is 13.3. The van der Waals surface area contributed by atoms with Gasteiger partial charge in [-0.2, -0.15) is 0 Å². The number of carbonyl (C=O) groups excluding carboxylic acids is 1. The summed E-state index contributed by atoms with van der Waals surface area (Å²) in [5.74, 6) is 1.23. The third-order valence-corrected chi connectivity index (χ3v) is 8.09. The third kappa shape index (κ3) is 4.30. The summed E-state index contributed by atoms with van der Waals surface area (Å²) in [6.45, 7) is 6.99. The quantitative estimate of drug-likeness (QED) is 0.567. The lowest BCUT2D eigenvalue weighted by atomic mass is 9.77. The van der Waals surface area contributed by atoms with Gasteiger partial charge in [0.05, 0.1) is 24.2 Å². The molecule has 0 aromatic heterocycles. The highest BCUT2D eigenvalue weighted by Crippen LogP contribution is 2.55. The van der Waals surface area contributed by atoms with Crippen molar-refractivity contribution in [3.05, 3.63) is 35.1 Å². The Morgan fingerprint density at radius 1 is 1.17 bits per heavy atom. The van der Waals surface area contributed by atoms with E-state index in [-0.39, 0.29) is 24.7 Å². The number of hydrogen-bond donors (Lipinski definition) is 2. The molecule has 1 fully saturated rings. The Morgan fingerprint density at radius 2 is 1.91 bits per heavy atom. The van der Waals surface area contributed by atoms with Crippen LogP contribution in [0.15, 0.2) is 24.0 Å². The first kappa shape index (κ1) is 24.4. The highest BCUT2D eigenvalue weighted by molar-refractivity contribution is 5.79. The summed E-state index contributed by atoms with van der Waals surface area (Å²) in [6, 6.07) is 4.10. The predicted octanol–water partition coefficient (Wildman–Crippen LogP) is 3.04. The molecule has 2 N–H and O–H groups in total. The molecule has 1 aromatic rings. The second-order valence-electron chi connectivity index (χ2n) is 11.2. The van der Waals surface area contributed by atoms with Gasteiger partial charge in [0, 0.05) is 6.54 Å². The molecule has 0 saturated carbocycles. The lowest BCUT2D eigenvalue weighted by Crippen LogP contribution is -2.48. The minimum atomic E-state index is -1.67. The Labute approximate surface area is 206 Å². The smallest absolute Gasteiger partial charge is 0.338 e. The summed E-state index contributed by atoms with van der Waals surface area (Å²) >= 11 is 0. The molecular formula is C27H37NO7. The fourth-order valence-electron chi connectivity index (χ4n) is 6.30. The van der Waals surface area contributed by atoms with Gasteiger partial charge in [0.2, 0.25) is 6.79 Å². The zero-order chi connectivity index (χ0) is 25.0. The average Bonchev–Trinajstić information content (AvgIpc) is 3.46. The van der Waals surface area contributed by atoms with Crippen molar-refractivity contribution in [3.63, 3.8) is 0 Å². The molecule has 1 aromatic carbocycles. The largest absolute Gasteiger partial charge is 0.497 e. The van der Waals surface area contributed by atoms with E-state index in [0.717, 1.165) is 49.2 Å². The van der Waals surface area contributed by atoms with Gasteiger partial charge in [-0.05, 0) is 95.2 Å². The molecule has 0 bridgehead atoms. The number of aliphatic hydroxyl groups is 2. The molecule has 8 heteroatoms. The summed E-state index contributed by atoms with van der Waals surface area (Å²) < 4.78 is 23.3. The van der Waals surface area contributed by atoms with Crippen molar-refractivity contribution in [1.82, 2.24) is 4.90 Å². The Kier molecular flexibility index (Phi) is 6.05. The first-order valence-electron chi connectivity index (χ1n) is 12.6. The SMILES string of the molecule is COC1=C[C@]23CCCN2CCc2cc4c(cc2[C@@H]3C1OC(=O)[C@@](C)(O)CCCC(C)(C)O)OCO4. The summed E-state index contributed by atoms with van der Waals surface area (Å²) in [5.41, 5.74) is -0.593. The van der Waals surface area contributed by atoms with E-state index in [9.17, 15) is 15.0 Å². The summed E-state index contributed by atoms with van der Waals surface area (Å²) in [7, 11) is 1.61. The molecule has 0 radical (unpaired) electrons. The number of esters is 1. The van der Waals surface area contributed by atoms with Gasteiger partial charge in [-0.15, -0.1) is 0 Å². The predicted molar refractivity (Wildman–Crippen MR) is 128 cm³/mol. The Balaban J connectivity index is 1.47. The van der Waals surface area contributed by atoms with Crippen LogP contribution in [0.25, 0.3) is 0 Å². The molecule has 4 aliphatic rings. The average molecular weight is 488 g/mol. The van der Waals surface area contributed by atoms with Crippen LogP contribution < -0.4 is 9.47 Å². The number of benzene rings is 1. The lowest BCUT2D eigenvalue weighted by molar-refractivity contribution is -0.171. The number of ether oxygens (including phenoxy) is 4. The normalized spacial score (nSPS) is 28.9. The molecule has 3 heterocycles. The van der Waals surface area contributed by atoms with Crippen LogP contribution in [0.5, 0.6) is 11.5 Å². The summed E-state index contributed by atoms with van der Waals surface area (Å²) in [6.07, 6.45) is 5.52. The van der Waals surface area contributed by atoms with Gasteiger partial charge in [0.25, 0.3) is 0 Å². The lowest BCUT2D eigenvalue weighted by Gasteiger charge is -2.39. The van der Waals surface area contributed by atoms with Crippen molar-refractivity contribution < 1.29 is 34.0 Å². The molecule has 35 heavy (non-hydrogen) atoms. The minimum absolute atomic E-state index is 0.178. The Bertz CT molecular complexity index is 1030. The molecule has 1 saturated heterocycles. The highest BCUT2D eigenvalue weighted by atomic mass is 16.7. The molecule has 192 valence electrons. The van der Waals surface area contributed by atoms with Crippen LogP contribution in [0.4, 0.5) is 0 Å². The molecule has 1 aliphatic carbocycles. The molecule has 3 aliphatic heterocycles. The molecule has 4 atom stereocenters. The second-order valence-corrected chi connectivity index (χ2v) is 11.2. The highest BCUT2D eigenvalue weighted by Gasteiger charge is 2.58. The Hall–Kier alpha value is -2.29. The molecular weight excluding hydrogens is 450 g/mol. The number of carbonyl (C=O) groups is 1. The van der Waals surface area contributed by atoms with Gasteiger partial charge in [0.1, 0.15) is 5.76 Å². The molecule has 8 nitrogen and oxygen atoms in total. The van der Waals surface area contributed by atoms with E-state index in [0.29, 0.717) is 24.4 Å². The van der Waals surface area contributed by atoms with E-state index in [1.165, 1.54) is 6.92 Å². The van der Waals surface area contributed by atoms with Crippen molar-refractivity contribution in [2.75, 3.05) is 27.0 Å². The first-order valence-corrected chi connectivity index (χ1v) is 12.6. The zero-order valence-corrected chi connectivity index (χ0v) is 21.1. The van der Waals surface area contributed by atoms with Crippen molar-refractivity contribution >= 4 is 5.97 Å². The monoisotopic (exact) mass is 487 g/mol. The van der Waals surface area contributed by atoms with E-state index in [4.69, 9.17) is 18.9 Å². The van der Waals surface area contributed by atoms with Gasteiger partial charge in [-0.3, -0.25) is 4.90 Å². The van der Waals surface area contributed by atoms with Crippen molar-refractivity contribution in [1.29, 1.82) is 0 Å². The van der Waals surface area contributed by atoms with Crippen molar-refractivity contribution in [3.8, 4) is 11.5 Å². The van der Waals surface area contributed by atoms with Crippen LogP contribution in [0.2, 0.25) is 0 Å². The van der Waals surface area contributed by atoms with Crippen LogP contribution in [0, 0.1) is 0 Å².